The first kappa shape index (κ1) is 14.4. The maximum atomic E-state index is 12.2. The number of carbonyl (C=O) groups excluding carboxylic acids is 1. The number of hydrogen-bond acceptors (Lipinski definition) is 5. The third-order valence-corrected chi connectivity index (χ3v) is 4.91. The van der Waals surface area contributed by atoms with Crippen molar-refractivity contribution in [2.24, 2.45) is 0 Å². The van der Waals surface area contributed by atoms with E-state index in [1.54, 1.807) is 0 Å². The number of nitrogens with zero attached hydrogens (tertiary/aromatic N) is 2. The van der Waals surface area contributed by atoms with E-state index < -0.39 is 0 Å². The number of anilines is 1. The molecule has 0 spiro atoms. The van der Waals surface area contributed by atoms with Gasteiger partial charge in [0.05, 0.1) is 24.9 Å². The first-order valence-corrected chi connectivity index (χ1v) is 7.92. The minimum atomic E-state index is -0.237. The fourth-order valence-corrected chi connectivity index (χ4v) is 3.87. The summed E-state index contributed by atoms with van der Waals surface area (Å²) < 4.78 is 5.50. The van der Waals surface area contributed by atoms with Gasteiger partial charge in [0.25, 0.3) is 5.91 Å². The Balaban J connectivity index is 1.90. The second-order valence-electron chi connectivity index (χ2n) is 6.12. The molecule has 1 aromatic heterocycles. The molecule has 0 unspecified atom stereocenters. The first-order chi connectivity index (χ1) is 10.00. The van der Waals surface area contributed by atoms with Crippen LogP contribution in [0.5, 0.6) is 0 Å². The van der Waals surface area contributed by atoms with Crippen LogP contribution in [0.4, 0.5) is 5.13 Å². The molecule has 0 aromatic carbocycles. The summed E-state index contributed by atoms with van der Waals surface area (Å²) in [5.41, 5.74) is 0.660. The Labute approximate surface area is 128 Å². The maximum absolute atomic E-state index is 12.2. The number of hydrogen-bond donors (Lipinski definition) is 1. The molecule has 5 nitrogen and oxygen atoms in total. The predicted molar refractivity (Wildman–Crippen MR) is 82.8 cm³/mol. The van der Waals surface area contributed by atoms with Crippen molar-refractivity contribution in [2.45, 2.75) is 38.3 Å². The standard InChI is InChI=1S/C15H19N3O2S/c1-4-5-10-9-20-7-6-18(10)14-16-11-8-15(2,3)17-13(19)12(11)21-14/h1,10H,5-9H2,2-3H3,(H,17,19)/t10-/m0/s1. The zero-order valence-corrected chi connectivity index (χ0v) is 13.1. The molecule has 21 heavy (non-hydrogen) atoms. The maximum Gasteiger partial charge on any atom is 0.263 e. The van der Waals surface area contributed by atoms with E-state index in [1.165, 1.54) is 11.3 Å². The molecule has 6 heteroatoms. The number of aromatic nitrogens is 1. The zero-order chi connectivity index (χ0) is 15.0. The van der Waals surface area contributed by atoms with E-state index in [4.69, 9.17) is 16.1 Å². The first-order valence-electron chi connectivity index (χ1n) is 7.10. The van der Waals surface area contributed by atoms with Crippen LogP contribution in [0.2, 0.25) is 0 Å². The molecule has 2 aliphatic heterocycles. The Kier molecular flexibility index (Phi) is 3.64. The fourth-order valence-electron chi connectivity index (χ4n) is 2.80. The van der Waals surface area contributed by atoms with Crippen LogP contribution in [0.1, 0.15) is 35.6 Å². The average Bonchev–Trinajstić information content (AvgIpc) is 2.82. The number of nitrogens with one attached hydrogen (secondary N) is 1. The monoisotopic (exact) mass is 305 g/mol. The molecule has 112 valence electrons. The molecule has 2 aliphatic rings. The molecule has 0 saturated carbocycles. The summed E-state index contributed by atoms with van der Waals surface area (Å²) in [4.78, 5) is 19.8. The van der Waals surface area contributed by atoms with Crippen LogP contribution < -0.4 is 10.2 Å². The topological polar surface area (TPSA) is 54.5 Å². The molecule has 1 N–H and O–H groups in total. The van der Waals surface area contributed by atoms with Crippen LogP contribution in [-0.2, 0) is 11.2 Å². The highest BCUT2D eigenvalue weighted by Gasteiger charge is 2.35. The largest absolute Gasteiger partial charge is 0.377 e. The molecule has 3 rings (SSSR count). The lowest BCUT2D eigenvalue weighted by molar-refractivity contribution is 0.0900. The number of carbonyl (C=O) groups is 1. The molecule has 1 fully saturated rings. The Morgan fingerprint density at radius 3 is 3.19 bits per heavy atom. The molecule has 1 saturated heterocycles. The smallest absolute Gasteiger partial charge is 0.263 e. The van der Waals surface area contributed by atoms with Crippen LogP contribution in [0.25, 0.3) is 0 Å². The van der Waals surface area contributed by atoms with Crippen LogP contribution in [-0.4, -0.2) is 42.2 Å². The number of morpholine rings is 1. The Morgan fingerprint density at radius 2 is 2.43 bits per heavy atom. The number of thiazole rings is 1. The minimum Gasteiger partial charge on any atom is -0.377 e. The van der Waals surface area contributed by atoms with Crippen LogP contribution >= 0.6 is 11.3 Å². The summed E-state index contributed by atoms with van der Waals surface area (Å²) >= 11 is 1.46. The van der Waals surface area contributed by atoms with Crippen molar-refractivity contribution in [3.05, 3.63) is 10.6 Å². The van der Waals surface area contributed by atoms with E-state index in [0.29, 0.717) is 19.6 Å². The van der Waals surface area contributed by atoms with Gasteiger partial charge in [-0.15, -0.1) is 12.3 Å². The van der Waals surface area contributed by atoms with Crippen molar-refractivity contribution in [1.29, 1.82) is 0 Å². The van der Waals surface area contributed by atoms with Crippen LogP contribution in [0, 0.1) is 12.3 Å². The minimum absolute atomic E-state index is 0.0215. The van der Waals surface area contributed by atoms with E-state index >= 15 is 0 Å². The van der Waals surface area contributed by atoms with Gasteiger partial charge < -0.3 is 15.0 Å². The zero-order valence-electron chi connectivity index (χ0n) is 12.3. The normalized spacial score (nSPS) is 24.1. The van der Waals surface area contributed by atoms with E-state index in [0.717, 1.165) is 28.7 Å². The number of terminal acetylenes is 1. The Morgan fingerprint density at radius 1 is 1.62 bits per heavy atom. The van der Waals surface area contributed by atoms with Gasteiger partial charge in [-0.3, -0.25) is 4.79 Å². The van der Waals surface area contributed by atoms with Crippen molar-refractivity contribution in [3.8, 4) is 12.3 Å². The van der Waals surface area contributed by atoms with Crippen molar-refractivity contribution in [2.75, 3.05) is 24.7 Å². The quantitative estimate of drug-likeness (QED) is 0.840. The summed E-state index contributed by atoms with van der Waals surface area (Å²) in [6.45, 7) is 6.09. The molecular formula is C15H19N3O2S. The summed E-state index contributed by atoms with van der Waals surface area (Å²) in [6, 6.07) is 0.146. The molecule has 0 aliphatic carbocycles. The number of rotatable bonds is 2. The lowest BCUT2D eigenvalue weighted by Gasteiger charge is -2.34. The molecule has 3 heterocycles. The summed E-state index contributed by atoms with van der Waals surface area (Å²) in [7, 11) is 0. The van der Waals surface area contributed by atoms with Gasteiger partial charge in [-0.05, 0) is 13.8 Å². The summed E-state index contributed by atoms with van der Waals surface area (Å²) in [5, 5.41) is 3.91. The Bertz CT molecular complexity index is 603. The highest BCUT2D eigenvalue weighted by molar-refractivity contribution is 7.17. The van der Waals surface area contributed by atoms with Gasteiger partial charge in [-0.25, -0.2) is 4.98 Å². The highest BCUT2D eigenvalue weighted by atomic mass is 32.1. The van der Waals surface area contributed by atoms with Gasteiger partial charge in [-0.1, -0.05) is 11.3 Å². The van der Waals surface area contributed by atoms with Gasteiger partial charge in [-0.2, -0.15) is 0 Å². The molecule has 0 bridgehead atoms. The molecule has 1 amide bonds. The SMILES string of the molecule is C#CC[C@H]1COCCN1c1nc2c(s1)C(=O)NC(C)(C)C2. The van der Waals surface area contributed by atoms with Crippen LogP contribution in [0.15, 0.2) is 0 Å². The fraction of sp³-hybridized carbons (Fsp3) is 0.600. The second kappa shape index (κ2) is 5.32. The third-order valence-electron chi connectivity index (χ3n) is 3.78. The summed E-state index contributed by atoms with van der Waals surface area (Å²) in [6.07, 6.45) is 6.83. The predicted octanol–water partition coefficient (Wildman–Crippen LogP) is 1.44. The van der Waals surface area contributed by atoms with Crippen molar-refractivity contribution in [3.63, 3.8) is 0 Å². The van der Waals surface area contributed by atoms with Gasteiger partial charge in [0.1, 0.15) is 4.88 Å². The Hall–Kier alpha value is -1.58. The molecular weight excluding hydrogens is 286 g/mol. The van der Waals surface area contributed by atoms with E-state index in [9.17, 15) is 4.79 Å². The third kappa shape index (κ3) is 2.76. The van der Waals surface area contributed by atoms with Crippen molar-refractivity contribution < 1.29 is 9.53 Å². The van der Waals surface area contributed by atoms with Crippen LogP contribution in [0.3, 0.4) is 0 Å². The van der Waals surface area contributed by atoms with Crippen molar-refractivity contribution in [1.82, 2.24) is 10.3 Å². The summed E-state index contributed by atoms with van der Waals surface area (Å²) in [5.74, 6) is 2.68. The number of ether oxygens (including phenoxy) is 1. The lowest BCUT2D eigenvalue weighted by atomic mass is 9.94. The van der Waals surface area contributed by atoms with Gasteiger partial charge in [0.15, 0.2) is 5.13 Å². The van der Waals surface area contributed by atoms with E-state index in [2.05, 4.69) is 16.1 Å². The average molecular weight is 305 g/mol. The van der Waals surface area contributed by atoms with Gasteiger partial charge in [0.2, 0.25) is 0 Å². The molecule has 1 atom stereocenters. The highest BCUT2D eigenvalue weighted by Crippen LogP contribution is 2.33. The number of amides is 1. The van der Waals surface area contributed by atoms with Gasteiger partial charge in [0, 0.05) is 24.9 Å². The number of fused-ring (bicyclic) bond motifs is 1. The molecule has 0 radical (unpaired) electrons. The van der Waals surface area contributed by atoms with E-state index in [-0.39, 0.29) is 17.5 Å². The second-order valence-corrected chi connectivity index (χ2v) is 7.09. The molecule has 1 aromatic rings. The van der Waals surface area contributed by atoms with Gasteiger partial charge >= 0.3 is 0 Å². The lowest BCUT2D eigenvalue weighted by Crippen LogP contribution is -2.48. The van der Waals surface area contributed by atoms with Crippen molar-refractivity contribution >= 4 is 22.4 Å². The van der Waals surface area contributed by atoms with E-state index in [1.807, 2.05) is 13.8 Å².